The number of ether oxygens (including phenoxy) is 1. The summed E-state index contributed by atoms with van der Waals surface area (Å²) in [5.41, 5.74) is 0.562. The van der Waals surface area contributed by atoms with Crippen molar-refractivity contribution in [3.63, 3.8) is 0 Å². The summed E-state index contributed by atoms with van der Waals surface area (Å²) in [5, 5.41) is 0. The van der Waals surface area contributed by atoms with Crippen LogP contribution in [0.5, 0.6) is 0 Å². The van der Waals surface area contributed by atoms with E-state index in [-0.39, 0.29) is 0 Å². The highest BCUT2D eigenvalue weighted by Crippen LogP contribution is 2.36. The number of unbranched alkanes of at least 4 members (excludes halogenated alkanes) is 3. The van der Waals surface area contributed by atoms with Gasteiger partial charge in [-0.1, -0.05) is 26.7 Å². The molecule has 0 radical (unpaired) electrons. The minimum absolute atomic E-state index is 0.554. The fraction of sp³-hybridized carbons (Fsp3) is 1.00. The number of thiol groups is 1. The normalized spacial score (nSPS) is 21.2. The van der Waals surface area contributed by atoms with E-state index in [2.05, 4.69) is 26.5 Å². The molecule has 1 nitrogen and oxygen atoms in total. The van der Waals surface area contributed by atoms with Crippen molar-refractivity contribution in [1.29, 1.82) is 0 Å². The molecule has 1 fully saturated rings. The molecule has 2 heteroatoms. The van der Waals surface area contributed by atoms with Gasteiger partial charge in [-0.2, -0.15) is 12.6 Å². The van der Waals surface area contributed by atoms with Crippen LogP contribution in [0.3, 0.4) is 0 Å². The Hall–Kier alpha value is 0.310. The largest absolute Gasteiger partial charge is 0.378 e. The molecule has 1 aliphatic rings. The Morgan fingerprint density at radius 1 is 1.06 bits per heavy atom. The van der Waals surface area contributed by atoms with Crippen molar-refractivity contribution >= 4 is 12.6 Å². The van der Waals surface area contributed by atoms with E-state index in [0.29, 0.717) is 11.5 Å². The summed E-state index contributed by atoms with van der Waals surface area (Å²) in [5.74, 6) is 1.03. The topological polar surface area (TPSA) is 9.23 Å². The molecule has 16 heavy (non-hydrogen) atoms. The van der Waals surface area contributed by atoms with E-state index in [9.17, 15) is 0 Å². The van der Waals surface area contributed by atoms with Crippen molar-refractivity contribution in [2.75, 3.05) is 12.4 Å². The minimum atomic E-state index is 0.554. The molecule has 0 aromatic carbocycles. The molecule has 0 heterocycles. The van der Waals surface area contributed by atoms with Crippen LogP contribution in [0, 0.1) is 5.41 Å². The van der Waals surface area contributed by atoms with Gasteiger partial charge in [0.15, 0.2) is 0 Å². The lowest BCUT2D eigenvalue weighted by Crippen LogP contribution is -2.26. The van der Waals surface area contributed by atoms with E-state index in [4.69, 9.17) is 4.74 Å². The van der Waals surface area contributed by atoms with Gasteiger partial charge in [0.05, 0.1) is 6.10 Å². The molecule has 0 aliphatic heterocycles. The van der Waals surface area contributed by atoms with E-state index >= 15 is 0 Å². The van der Waals surface area contributed by atoms with E-state index < -0.39 is 0 Å². The lowest BCUT2D eigenvalue weighted by molar-refractivity contribution is 0.00276. The van der Waals surface area contributed by atoms with Crippen molar-refractivity contribution in [3.8, 4) is 0 Å². The van der Waals surface area contributed by atoms with Crippen LogP contribution in [0.4, 0.5) is 0 Å². The Labute approximate surface area is 107 Å². The summed E-state index contributed by atoms with van der Waals surface area (Å²) in [6.07, 6.45) is 10.8. The van der Waals surface area contributed by atoms with Gasteiger partial charge in [0.25, 0.3) is 0 Å². The van der Waals surface area contributed by atoms with Gasteiger partial charge in [0.1, 0.15) is 0 Å². The molecule has 0 amide bonds. The lowest BCUT2D eigenvalue weighted by atomic mass is 9.76. The zero-order valence-electron chi connectivity index (χ0n) is 11.0. The smallest absolute Gasteiger partial charge is 0.0575 e. The maximum Gasteiger partial charge on any atom is 0.0575 e. The van der Waals surface area contributed by atoms with Crippen molar-refractivity contribution in [1.82, 2.24) is 0 Å². The average molecular weight is 244 g/mol. The molecule has 1 saturated carbocycles. The van der Waals surface area contributed by atoms with Gasteiger partial charge in [-0.15, -0.1) is 0 Å². The molecule has 1 rings (SSSR count). The van der Waals surface area contributed by atoms with Crippen molar-refractivity contribution in [3.05, 3.63) is 0 Å². The van der Waals surface area contributed by atoms with E-state index in [1.165, 1.54) is 51.4 Å². The quantitative estimate of drug-likeness (QED) is 0.514. The second-order valence-electron chi connectivity index (χ2n) is 5.87. The van der Waals surface area contributed by atoms with Crippen LogP contribution in [0.15, 0.2) is 0 Å². The zero-order valence-corrected chi connectivity index (χ0v) is 11.9. The van der Waals surface area contributed by atoms with Crippen LogP contribution < -0.4 is 0 Å². The van der Waals surface area contributed by atoms with Crippen LogP contribution in [-0.2, 0) is 4.74 Å². The monoisotopic (exact) mass is 244 g/mol. The van der Waals surface area contributed by atoms with Gasteiger partial charge in [0.2, 0.25) is 0 Å². The molecule has 0 saturated heterocycles. The fourth-order valence-electron chi connectivity index (χ4n) is 2.36. The number of hydrogen-bond acceptors (Lipinski definition) is 2. The molecule has 0 spiro atoms. The summed E-state index contributed by atoms with van der Waals surface area (Å²) in [7, 11) is 0. The van der Waals surface area contributed by atoms with Crippen LogP contribution in [0.2, 0.25) is 0 Å². The molecular weight excluding hydrogens is 216 g/mol. The summed E-state index contributed by atoms with van der Waals surface area (Å²) in [6.45, 7) is 5.72. The molecule has 0 atom stereocenters. The number of rotatable bonds is 7. The molecule has 0 aromatic heterocycles. The van der Waals surface area contributed by atoms with Crippen LogP contribution in [0.25, 0.3) is 0 Å². The Morgan fingerprint density at radius 2 is 1.69 bits per heavy atom. The predicted molar refractivity (Wildman–Crippen MR) is 74.3 cm³/mol. The van der Waals surface area contributed by atoms with Crippen molar-refractivity contribution in [2.24, 2.45) is 5.41 Å². The minimum Gasteiger partial charge on any atom is -0.378 e. The average Bonchev–Trinajstić information content (AvgIpc) is 2.25. The van der Waals surface area contributed by atoms with E-state index in [0.717, 1.165) is 12.4 Å². The van der Waals surface area contributed by atoms with Crippen LogP contribution in [0.1, 0.15) is 65.2 Å². The highest BCUT2D eigenvalue weighted by molar-refractivity contribution is 7.80. The molecule has 1 aliphatic carbocycles. The van der Waals surface area contributed by atoms with Gasteiger partial charge in [-0.05, 0) is 49.7 Å². The Kier molecular flexibility index (Phi) is 6.83. The van der Waals surface area contributed by atoms with Gasteiger partial charge < -0.3 is 4.74 Å². The molecule has 0 aromatic rings. The van der Waals surface area contributed by atoms with Crippen molar-refractivity contribution in [2.45, 2.75) is 71.3 Å². The summed E-state index contributed by atoms with van der Waals surface area (Å²) >= 11 is 4.21. The van der Waals surface area contributed by atoms with Crippen LogP contribution >= 0.6 is 12.6 Å². The molecule has 0 bridgehead atoms. The van der Waals surface area contributed by atoms with E-state index in [1.807, 2.05) is 0 Å². The molecule has 0 unspecified atom stereocenters. The standard InChI is InChI=1S/C14H28OS/c1-14(2)9-7-13(8-10-14)15-11-5-3-4-6-12-16/h13,16H,3-12H2,1-2H3. The SMILES string of the molecule is CC1(C)CCC(OCCCCCCS)CC1. The predicted octanol–water partition coefficient (Wildman–Crippen LogP) is 4.46. The highest BCUT2D eigenvalue weighted by atomic mass is 32.1. The van der Waals surface area contributed by atoms with Gasteiger partial charge in [0, 0.05) is 6.61 Å². The second kappa shape index (κ2) is 7.60. The fourth-order valence-corrected chi connectivity index (χ4v) is 2.58. The summed E-state index contributed by atoms with van der Waals surface area (Å²) in [6, 6.07) is 0. The lowest BCUT2D eigenvalue weighted by Gasteiger charge is -2.34. The summed E-state index contributed by atoms with van der Waals surface area (Å²) in [4.78, 5) is 0. The summed E-state index contributed by atoms with van der Waals surface area (Å²) < 4.78 is 5.94. The first-order valence-corrected chi connectivity index (χ1v) is 7.50. The number of hydrogen-bond donors (Lipinski definition) is 1. The van der Waals surface area contributed by atoms with Gasteiger partial charge in [-0.25, -0.2) is 0 Å². The molecule has 0 N–H and O–H groups in total. The maximum atomic E-state index is 5.94. The zero-order chi connectivity index (χ0) is 11.9. The molecule has 96 valence electrons. The highest BCUT2D eigenvalue weighted by Gasteiger charge is 2.26. The third kappa shape index (κ3) is 6.15. The first-order chi connectivity index (χ1) is 7.64. The third-order valence-electron chi connectivity index (χ3n) is 3.69. The second-order valence-corrected chi connectivity index (χ2v) is 6.32. The first-order valence-electron chi connectivity index (χ1n) is 6.86. The van der Waals surface area contributed by atoms with Crippen LogP contribution in [-0.4, -0.2) is 18.5 Å². The Bertz CT molecular complexity index is 170. The molecular formula is C14H28OS. The van der Waals surface area contributed by atoms with Gasteiger partial charge >= 0.3 is 0 Å². The van der Waals surface area contributed by atoms with Gasteiger partial charge in [-0.3, -0.25) is 0 Å². The first kappa shape index (κ1) is 14.4. The van der Waals surface area contributed by atoms with Crippen molar-refractivity contribution < 1.29 is 4.74 Å². The van der Waals surface area contributed by atoms with E-state index in [1.54, 1.807) is 0 Å². The maximum absolute atomic E-state index is 5.94. The Balaban J connectivity index is 1.94. The Morgan fingerprint density at radius 3 is 2.31 bits per heavy atom. The third-order valence-corrected chi connectivity index (χ3v) is 4.01.